The van der Waals surface area contributed by atoms with Gasteiger partial charge in [0.15, 0.2) is 0 Å². The summed E-state index contributed by atoms with van der Waals surface area (Å²) >= 11 is 5.91. The molecule has 2 heterocycles. The molecule has 0 radical (unpaired) electrons. The predicted molar refractivity (Wildman–Crippen MR) is 78.5 cm³/mol. The number of aromatic nitrogens is 1. The van der Waals surface area contributed by atoms with E-state index in [1.54, 1.807) is 0 Å². The summed E-state index contributed by atoms with van der Waals surface area (Å²) in [4.78, 5) is 4.38. The van der Waals surface area contributed by atoms with Crippen LogP contribution in [0.3, 0.4) is 0 Å². The van der Waals surface area contributed by atoms with Gasteiger partial charge in [-0.3, -0.25) is 4.98 Å². The summed E-state index contributed by atoms with van der Waals surface area (Å²) in [5.74, 6) is 0. The number of nitrogens with zero attached hydrogens (tertiary/aromatic N) is 1. The molecule has 1 N–H and O–H groups in total. The van der Waals surface area contributed by atoms with Crippen molar-refractivity contribution in [3.8, 4) is 0 Å². The average molecular weight is 273 g/mol. The van der Waals surface area contributed by atoms with Crippen LogP contribution in [0, 0.1) is 0 Å². The van der Waals surface area contributed by atoms with Crippen molar-refractivity contribution >= 4 is 11.6 Å². The summed E-state index contributed by atoms with van der Waals surface area (Å²) < 4.78 is 0. The lowest BCUT2D eigenvalue weighted by Crippen LogP contribution is -2.13. The van der Waals surface area contributed by atoms with Crippen molar-refractivity contribution in [2.24, 2.45) is 0 Å². The fraction of sp³-hybridized carbons (Fsp3) is 0.312. The number of hydrogen-bond acceptors (Lipinski definition) is 2. The highest BCUT2D eigenvalue weighted by molar-refractivity contribution is 6.30. The minimum atomic E-state index is 0.484. The lowest BCUT2D eigenvalue weighted by Gasteiger charge is -2.11. The van der Waals surface area contributed by atoms with E-state index < -0.39 is 0 Å². The summed E-state index contributed by atoms with van der Waals surface area (Å²) in [5, 5.41) is 4.30. The highest BCUT2D eigenvalue weighted by Crippen LogP contribution is 2.23. The van der Waals surface area contributed by atoms with Crippen LogP contribution in [-0.4, -0.2) is 11.5 Å². The van der Waals surface area contributed by atoms with Crippen molar-refractivity contribution in [3.05, 3.63) is 64.4 Å². The van der Waals surface area contributed by atoms with Gasteiger partial charge in [-0.15, -0.1) is 0 Å². The van der Waals surface area contributed by atoms with E-state index in [2.05, 4.69) is 28.5 Å². The molecule has 0 saturated carbocycles. The Morgan fingerprint density at radius 3 is 2.74 bits per heavy atom. The SMILES string of the molecule is Clc1ccc(Cc2cncc(C3CCCN3)c2)cc1. The monoisotopic (exact) mass is 272 g/mol. The Bertz CT molecular complexity index is 545. The van der Waals surface area contributed by atoms with Gasteiger partial charge < -0.3 is 5.32 Å². The van der Waals surface area contributed by atoms with E-state index in [4.69, 9.17) is 11.6 Å². The first kappa shape index (κ1) is 12.6. The van der Waals surface area contributed by atoms with Crippen LogP contribution >= 0.6 is 11.6 Å². The number of benzene rings is 1. The van der Waals surface area contributed by atoms with Gasteiger partial charge in [-0.05, 0) is 54.6 Å². The molecule has 0 amide bonds. The molecule has 1 atom stereocenters. The van der Waals surface area contributed by atoms with Crippen LogP contribution < -0.4 is 5.32 Å². The fourth-order valence-electron chi connectivity index (χ4n) is 2.60. The lowest BCUT2D eigenvalue weighted by atomic mass is 10.0. The Hall–Kier alpha value is -1.38. The fourth-order valence-corrected chi connectivity index (χ4v) is 2.73. The van der Waals surface area contributed by atoms with Crippen LogP contribution in [0.1, 0.15) is 35.6 Å². The normalized spacial score (nSPS) is 18.7. The van der Waals surface area contributed by atoms with E-state index in [0.29, 0.717) is 6.04 Å². The van der Waals surface area contributed by atoms with Crippen molar-refractivity contribution in [2.45, 2.75) is 25.3 Å². The molecule has 2 aromatic rings. The molecule has 1 aromatic carbocycles. The smallest absolute Gasteiger partial charge is 0.0406 e. The maximum Gasteiger partial charge on any atom is 0.0406 e. The molecular weight excluding hydrogens is 256 g/mol. The zero-order chi connectivity index (χ0) is 13.1. The first-order valence-electron chi connectivity index (χ1n) is 6.73. The molecule has 2 nitrogen and oxygen atoms in total. The molecule has 1 saturated heterocycles. The van der Waals surface area contributed by atoms with Crippen LogP contribution in [-0.2, 0) is 6.42 Å². The van der Waals surface area contributed by atoms with Crippen LogP contribution in [0.5, 0.6) is 0 Å². The Morgan fingerprint density at radius 1 is 1.16 bits per heavy atom. The van der Waals surface area contributed by atoms with Gasteiger partial charge in [-0.2, -0.15) is 0 Å². The molecule has 0 spiro atoms. The summed E-state index contributed by atoms with van der Waals surface area (Å²) in [6.07, 6.45) is 7.31. The largest absolute Gasteiger partial charge is 0.310 e. The van der Waals surface area contributed by atoms with Gasteiger partial charge in [0, 0.05) is 23.5 Å². The summed E-state index contributed by atoms with van der Waals surface area (Å²) in [5.41, 5.74) is 3.83. The Kier molecular flexibility index (Phi) is 3.81. The van der Waals surface area contributed by atoms with E-state index in [9.17, 15) is 0 Å². The standard InChI is InChI=1S/C16H17ClN2/c17-15-5-3-12(4-6-15)8-13-9-14(11-18-10-13)16-2-1-7-19-16/h3-6,9-11,16,19H,1-2,7-8H2. The molecule has 0 bridgehead atoms. The zero-order valence-corrected chi connectivity index (χ0v) is 11.5. The molecule has 3 heteroatoms. The van der Waals surface area contributed by atoms with E-state index in [1.807, 2.05) is 24.5 Å². The van der Waals surface area contributed by atoms with Crippen LogP contribution in [0.4, 0.5) is 0 Å². The molecule has 1 unspecified atom stereocenters. The number of nitrogens with one attached hydrogen (secondary N) is 1. The Labute approximate surface area is 118 Å². The lowest BCUT2D eigenvalue weighted by molar-refractivity contribution is 0.644. The van der Waals surface area contributed by atoms with Gasteiger partial charge in [0.2, 0.25) is 0 Å². The number of hydrogen-bond donors (Lipinski definition) is 1. The van der Waals surface area contributed by atoms with Crippen molar-refractivity contribution in [1.29, 1.82) is 0 Å². The van der Waals surface area contributed by atoms with E-state index in [0.717, 1.165) is 18.0 Å². The van der Waals surface area contributed by atoms with Crippen LogP contribution in [0.2, 0.25) is 5.02 Å². The summed E-state index contributed by atoms with van der Waals surface area (Å²) in [6.45, 7) is 1.12. The topological polar surface area (TPSA) is 24.9 Å². The first-order valence-corrected chi connectivity index (χ1v) is 7.11. The Balaban J connectivity index is 1.77. The molecule has 3 rings (SSSR count). The van der Waals surface area contributed by atoms with Crippen LogP contribution in [0.25, 0.3) is 0 Å². The van der Waals surface area contributed by atoms with Crippen LogP contribution in [0.15, 0.2) is 42.7 Å². The third kappa shape index (κ3) is 3.14. The van der Waals surface area contributed by atoms with Gasteiger partial charge in [-0.1, -0.05) is 29.8 Å². The van der Waals surface area contributed by atoms with E-state index in [-0.39, 0.29) is 0 Å². The maximum absolute atomic E-state index is 5.91. The molecule has 1 aliphatic heterocycles. The number of pyridine rings is 1. The first-order chi connectivity index (χ1) is 9.31. The molecule has 0 aliphatic carbocycles. The zero-order valence-electron chi connectivity index (χ0n) is 10.8. The third-order valence-corrected chi connectivity index (χ3v) is 3.85. The average Bonchev–Trinajstić information content (AvgIpc) is 2.96. The van der Waals surface area contributed by atoms with Gasteiger partial charge in [-0.25, -0.2) is 0 Å². The Morgan fingerprint density at radius 2 is 2.00 bits per heavy atom. The molecule has 1 fully saturated rings. The van der Waals surface area contributed by atoms with Gasteiger partial charge >= 0.3 is 0 Å². The number of halogens is 1. The van der Waals surface area contributed by atoms with Crippen molar-refractivity contribution < 1.29 is 0 Å². The van der Waals surface area contributed by atoms with E-state index in [1.165, 1.54) is 29.5 Å². The highest BCUT2D eigenvalue weighted by atomic mass is 35.5. The van der Waals surface area contributed by atoms with Crippen molar-refractivity contribution in [1.82, 2.24) is 10.3 Å². The highest BCUT2D eigenvalue weighted by Gasteiger charge is 2.16. The summed E-state index contributed by atoms with van der Waals surface area (Å²) in [6, 6.07) is 10.8. The molecule has 19 heavy (non-hydrogen) atoms. The molecule has 98 valence electrons. The maximum atomic E-state index is 5.91. The van der Waals surface area contributed by atoms with Crippen molar-refractivity contribution in [2.75, 3.05) is 6.54 Å². The van der Waals surface area contributed by atoms with Gasteiger partial charge in [0.05, 0.1) is 0 Å². The minimum Gasteiger partial charge on any atom is -0.310 e. The van der Waals surface area contributed by atoms with Gasteiger partial charge in [0.25, 0.3) is 0 Å². The molecule has 1 aliphatic rings. The molecular formula is C16H17ClN2. The second-order valence-corrected chi connectivity index (χ2v) is 5.52. The number of rotatable bonds is 3. The van der Waals surface area contributed by atoms with E-state index >= 15 is 0 Å². The second-order valence-electron chi connectivity index (χ2n) is 5.08. The molecule has 1 aromatic heterocycles. The summed E-state index contributed by atoms with van der Waals surface area (Å²) in [7, 11) is 0. The predicted octanol–water partition coefficient (Wildman–Crippen LogP) is 3.75. The second kappa shape index (κ2) is 5.72. The quantitative estimate of drug-likeness (QED) is 0.920. The minimum absolute atomic E-state index is 0.484. The third-order valence-electron chi connectivity index (χ3n) is 3.60. The van der Waals surface area contributed by atoms with Crippen molar-refractivity contribution in [3.63, 3.8) is 0 Å². The van der Waals surface area contributed by atoms with Gasteiger partial charge in [0.1, 0.15) is 0 Å².